The highest BCUT2D eigenvalue weighted by Crippen LogP contribution is 2.33. The number of amides is 2. The number of rotatable bonds is 8. The monoisotopic (exact) mass is 520 g/mol. The average Bonchev–Trinajstić information content (AvgIpc) is 3.36. The molecule has 2 saturated heterocycles. The number of nitrogens with zero attached hydrogens (tertiary/aromatic N) is 2. The molecule has 2 heterocycles. The molecule has 202 valence electrons. The van der Waals surface area contributed by atoms with Crippen molar-refractivity contribution in [2.24, 2.45) is 5.92 Å². The largest absolute Gasteiger partial charge is 0.494 e. The predicted molar refractivity (Wildman–Crippen MR) is 135 cm³/mol. The molecule has 0 saturated carbocycles. The van der Waals surface area contributed by atoms with Gasteiger partial charge in [-0.2, -0.15) is 13.2 Å². The number of ether oxygens (including phenoxy) is 1. The van der Waals surface area contributed by atoms with Crippen LogP contribution in [0.4, 0.5) is 18.9 Å². The van der Waals surface area contributed by atoms with E-state index in [1.807, 2.05) is 19.1 Å². The highest BCUT2D eigenvalue weighted by atomic mass is 19.4. The van der Waals surface area contributed by atoms with Crippen LogP contribution in [-0.4, -0.2) is 74.3 Å². The van der Waals surface area contributed by atoms with Crippen LogP contribution in [0.2, 0.25) is 0 Å². The number of hydrogen-bond acceptors (Lipinski definition) is 5. The lowest BCUT2D eigenvalue weighted by Gasteiger charge is -2.38. The van der Waals surface area contributed by atoms with Gasteiger partial charge < -0.3 is 20.3 Å². The molecule has 1 aliphatic carbocycles. The first-order valence-corrected chi connectivity index (χ1v) is 13.0. The van der Waals surface area contributed by atoms with Crippen LogP contribution in [0.1, 0.15) is 32.6 Å². The van der Waals surface area contributed by atoms with E-state index in [-0.39, 0.29) is 30.5 Å². The minimum absolute atomic E-state index is 0.00583. The summed E-state index contributed by atoms with van der Waals surface area (Å²) in [5.41, 5.74) is 1.11. The van der Waals surface area contributed by atoms with Gasteiger partial charge in [0, 0.05) is 55.6 Å². The van der Waals surface area contributed by atoms with Gasteiger partial charge in [-0.1, -0.05) is 24.3 Å². The van der Waals surface area contributed by atoms with Gasteiger partial charge in [-0.25, -0.2) is 0 Å². The second-order valence-electron chi connectivity index (χ2n) is 9.79. The number of hydrogen-bond donors (Lipinski definition) is 2. The molecule has 4 rings (SSSR count). The number of alkyl halides is 3. The van der Waals surface area contributed by atoms with E-state index in [9.17, 15) is 22.8 Å². The topological polar surface area (TPSA) is 73.9 Å². The summed E-state index contributed by atoms with van der Waals surface area (Å²) in [5.74, 6) is -1.80. The molecule has 0 spiro atoms. The van der Waals surface area contributed by atoms with Crippen LogP contribution in [0, 0.1) is 5.92 Å². The van der Waals surface area contributed by atoms with E-state index in [2.05, 4.69) is 32.6 Å². The third kappa shape index (κ3) is 7.28. The molecule has 0 radical (unpaired) electrons. The summed E-state index contributed by atoms with van der Waals surface area (Å²) >= 11 is 0. The molecule has 2 aliphatic heterocycles. The van der Waals surface area contributed by atoms with Crippen LogP contribution in [0.25, 0.3) is 0 Å². The average molecular weight is 521 g/mol. The molecular weight excluding hydrogens is 485 g/mol. The Hall–Kier alpha value is -3.01. The summed E-state index contributed by atoms with van der Waals surface area (Å²) in [4.78, 5) is 29.4. The normalized spacial score (nSPS) is 23.0. The van der Waals surface area contributed by atoms with E-state index in [0.717, 1.165) is 57.3 Å². The first-order valence-electron chi connectivity index (χ1n) is 13.0. The number of halogens is 3. The van der Waals surface area contributed by atoms with Crippen molar-refractivity contribution >= 4 is 17.5 Å². The molecule has 2 atom stereocenters. The summed E-state index contributed by atoms with van der Waals surface area (Å²) in [6.45, 7) is 5.92. The van der Waals surface area contributed by atoms with Crippen molar-refractivity contribution in [2.75, 3.05) is 44.2 Å². The van der Waals surface area contributed by atoms with Crippen LogP contribution in [0.15, 0.2) is 48.1 Å². The van der Waals surface area contributed by atoms with E-state index in [1.165, 1.54) is 17.8 Å². The number of likely N-dealkylation sites (tertiary alicyclic amines) is 1. The maximum Gasteiger partial charge on any atom is 0.395 e. The smallest absolute Gasteiger partial charge is 0.395 e. The number of carbonyl (C=O) groups excluding carboxylic acids is 2. The maximum atomic E-state index is 12.9. The molecule has 1 unspecified atom stereocenters. The fraction of sp³-hybridized carbons (Fsp3) is 0.556. The minimum Gasteiger partial charge on any atom is -0.494 e. The van der Waals surface area contributed by atoms with Crippen LogP contribution < -0.4 is 20.3 Å². The van der Waals surface area contributed by atoms with Crippen molar-refractivity contribution in [2.45, 2.75) is 50.9 Å². The molecule has 2 fully saturated rings. The van der Waals surface area contributed by atoms with Crippen LogP contribution in [-0.2, 0) is 9.59 Å². The standard InChI is InChI=1S/C27H35F3N4O3/c1-2-37-24-8-4-7-23(16-24)33-13-10-22(11-14-33)34-12-9-21(18-34)32-25(35)17-31-26(36)19-5-3-6-20(15-19)27(28,29)30/h3-5,7-8,15-16,20-22H,2,6,9-14,17-18H2,1H3,(H,31,36)(H,32,35)/t20?,21-/m1/s1. The minimum atomic E-state index is -4.40. The zero-order valence-corrected chi connectivity index (χ0v) is 21.1. The van der Waals surface area contributed by atoms with Crippen molar-refractivity contribution < 1.29 is 27.5 Å². The Morgan fingerprint density at radius 1 is 1.14 bits per heavy atom. The first-order chi connectivity index (χ1) is 17.7. The number of carbonyl (C=O) groups is 2. The quantitative estimate of drug-likeness (QED) is 0.550. The molecular formula is C27H35F3N4O3. The van der Waals surface area contributed by atoms with Gasteiger partial charge in [-0.15, -0.1) is 0 Å². The van der Waals surface area contributed by atoms with Crippen LogP contribution >= 0.6 is 0 Å². The van der Waals surface area contributed by atoms with Crippen molar-refractivity contribution in [3.63, 3.8) is 0 Å². The van der Waals surface area contributed by atoms with Gasteiger partial charge in [0.15, 0.2) is 0 Å². The Balaban J connectivity index is 1.18. The maximum absolute atomic E-state index is 12.9. The summed E-state index contributed by atoms with van der Waals surface area (Å²) < 4.78 is 44.4. The Bertz CT molecular complexity index is 1020. The van der Waals surface area contributed by atoms with Crippen molar-refractivity contribution in [3.8, 4) is 5.75 Å². The first kappa shape index (κ1) is 27.0. The summed E-state index contributed by atoms with van der Waals surface area (Å²) in [7, 11) is 0. The number of nitrogens with one attached hydrogen (secondary N) is 2. The third-order valence-electron chi connectivity index (χ3n) is 7.22. The van der Waals surface area contributed by atoms with Crippen molar-refractivity contribution in [1.82, 2.24) is 15.5 Å². The molecule has 1 aromatic rings. The van der Waals surface area contributed by atoms with Gasteiger partial charge >= 0.3 is 6.18 Å². The second kappa shape index (κ2) is 12.0. The Kier molecular flexibility index (Phi) is 8.79. The molecule has 7 nitrogen and oxygen atoms in total. The van der Waals surface area contributed by atoms with Gasteiger partial charge in [-0.05, 0) is 44.7 Å². The molecule has 10 heteroatoms. The zero-order chi connectivity index (χ0) is 26.4. The number of allylic oxidation sites excluding steroid dienone is 2. The molecule has 1 aromatic carbocycles. The summed E-state index contributed by atoms with van der Waals surface area (Å²) in [5, 5.41) is 5.39. The fourth-order valence-electron chi connectivity index (χ4n) is 5.27. The third-order valence-corrected chi connectivity index (χ3v) is 7.22. The van der Waals surface area contributed by atoms with E-state index >= 15 is 0 Å². The molecule has 2 N–H and O–H groups in total. The van der Waals surface area contributed by atoms with E-state index in [1.54, 1.807) is 0 Å². The van der Waals surface area contributed by atoms with E-state index in [4.69, 9.17) is 4.74 Å². The highest BCUT2D eigenvalue weighted by Gasteiger charge is 2.38. The van der Waals surface area contributed by atoms with Gasteiger partial charge in [0.1, 0.15) is 5.75 Å². The number of anilines is 1. The van der Waals surface area contributed by atoms with Gasteiger partial charge in [0.2, 0.25) is 5.91 Å². The molecule has 2 amide bonds. The fourth-order valence-corrected chi connectivity index (χ4v) is 5.27. The Labute approximate surface area is 215 Å². The molecule has 3 aliphatic rings. The number of benzene rings is 1. The van der Waals surface area contributed by atoms with E-state index < -0.39 is 18.0 Å². The van der Waals surface area contributed by atoms with Crippen LogP contribution in [0.3, 0.4) is 0 Å². The SMILES string of the molecule is CCOc1cccc(N2CCC(N3CC[C@@H](NC(=O)CNC(=O)C4=CC(C(F)(F)F)CC=C4)C3)CC2)c1. The Morgan fingerprint density at radius 3 is 2.65 bits per heavy atom. The highest BCUT2D eigenvalue weighted by molar-refractivity contribution is 5.98. The van der Waals surface area contributed by atoms with Gasteiger partial charge in [-0.3, -0.25) is 14.5 Å². The molecule has 37 heavy (non-hydrogen) atoms. The lowest BCUT2D eigenvalue weighted by molar-refractivity contribution is -0.160. The summed E-state index contributed by atoms with van der Waals surface area (Å²) in [6, 6.07) is 8.63. The van der Waals surface area contributed by atoms with E-state index in [0.29, 0.717) is 12.6 Å². The van der Waals surface area contributed by atoms with Crippen LogP contribution in [0.5, 0.6) is 5.75 Å². The lowest BCUT2D eigenvalue weighted by atomic mass is 9.95. The molecule has 0 bridgehead atoms. The van der Waals surface area contributed by atoms with Crippen molar-refractivity contribution in [1.29, 1.82) is 0 Å². The van der Waals surface area contributed by atoms with Gasteiger partial charge in [0.05, 0.1) is 19.1 Å². The van der Waals surface area contributed by atoms with Gasteiger partial charge in [0.25, 0.3) is 5.91 Å². The predicted octanol–water partition coefficient (Wildman–Crippen LogP) is 3.43. The summed E-state index contributed by atoms with van der Waals surface area (Å²) in [6.07, 6.45) is 1.95. The van der Waals surface area contributed by atoms with Crippen molar-refractivity contribution in [3.05, 3.63) is 48.1 Å². The lowest BCUT2D eigenvalue weighted by Crippen LogP contribution is -2.46. The number of piperidine rings is 1. The molecule has 0 aromatic heterocycles. The Morgan fingerprint density at radius 2 is 1.92 bits per heavy atom. The zero-order valence-electron chi connectivity index (χ0n) is 21.1. The second-order valence-corrected chi connectivity index (χ2v) is 9.79.